The molecule has 0 spiro atoms. The van der Waals surface area contributed by atoms with E-state index in [0.29, 0.717) is 13.0 Å². The summed E-state index contributed by atoms with van der Waals surface area (Å²) >= 11 is 0. The summed E-state index contributed by atoms with van der Waals surface area (Å²) in [6.45, 7) is 6.58. The zero-order valence-corrected chi connectivity index (χ0v) is 10.7. The second kappa shape index (κ2) is 6.74. The number of likely N-dealkylation sites (N-methyl/N-ethyl adjacent to an activating group) is 1. The maximum absolute atomic E-state index is 11.5. The second-order valence-electron chi connectivity index (χ2n) is 3.87. The maximum atomic E-state index is 11.5. The van der Waals surface area contributed by atoms with Crippen molar-refractivity contribution >= 4 is 12.0 Å². The first-order valence-electron chi connectivity index (χ1n) is 5.92. The van der Waals surface area contributed by atoms with Crippen LogP contribution < -0.4 is 5.32 Å². The van der Waals surface area contributed by atoms with E-state index in [2.05, 4.69) is 10.3 Å². The summed E-state index contributed by atoms with van der Waals surface area (Å²) in [6, 6.07) is 0. The fourth-order valence-corrected chi connectivity index (χ4v) is 1.67. The molecular weight excluding hydrogens is 212 g/mol. The largest absolute Gasteiger partial charge is 0.364 e. The number of allylic oxidation sites excluding steroid dienone is 3. The van der Waals surface area contributed by atoms with Gasteiger partial charge in [-0.05, 0) is 31.9 Å². The summed E-state index contributed by atoms with van der Waals surface area (Å²) in [5.41, 5.74) is 3.23. The first-order valence-corrected chi connectivity index (χ1v) is 5.92. The number of aromatic amines is 1. The highest BCUT2D eigenvalue weighted by Crippen LogP contribution is 2.16. The highest BCUT2D eigenvalue weighted by atomic mass is 16.1. The van der Waals surface area contributed by atoms with Crippen LogP contribution in [0, 0.1) is 6.92 Å². The monoisotopic (exact) mass is 232 g/mol. The van der Waals surface area contributed by atoms with Crippen LogP contribution in [-0.4, -0.2) is 17.4 Å². The Morgan fingerprint density at radius 2 is 2.24 bits per heavy atom. The number of aryl methyl sites for hydroxylation is 1. The van der Waals surface area contributed by atoms with Crippen LogP contribution in [0.15, 0.2) is 24.4 Å². The molecule has 1 aromatic rings. The molecule has 0 radical (unpaired) electrons. The summed E-state index contributed by atoms with van der Waals surface area (Å²) < 4.78 is 0. The van der Waals surface area contributed by atoms with E-state index < -0.39 is 0 Å². The van der Waals surface area contributed by atoms with Gasteiger partial charge in [-0.3, -0.25) is 4.79 Å². The van der Waals surface area contributed by atoms with Crippen LogP contribution in [0.4, 0.5) is 0 Å². The van der Waals surface area contributed by atoms with Crippen molar-refractivity contribution in [3.05, 3.63) is 41.2 Å². The molecule has 1 amide bonds. The van der Waals surface area contributed by atoms with Crippen molar-refractivity contribution in [1.29, 1.82) is 0 Å². The van der Waals surface area contributed by atoms with Gasteiger partial charge in [0.2, 0.25) is 5.91 Å². The molecule has 1 aromatic heterocycles. The zero-order chi connectivity index (χ0) is 12.7. The molecular formula is C14H20N2O. The number of carbonyl (C=O) groups excluding carboxylic acids is 1. The van der Waals surface area contributed by atoms with E-state index in [4.69, 9.17) is 0 Å². The Morgan fingerprint density at radius 3 is 2.88 bits per heavy atom. The predicted octanol–water partition coefficient (Wildman–Crippen LogP) is 2.59. The van der Waals surface area contributed by atoms with Gasteiger partial charge in [0.05, 0.1) is 6.42 Å². The fourth-order valence-electron chi connectivity index (χ4n) is 1.67. The molecule has 3 heteroatoms. The van der Waals surface area contributed by atoms with Crippen molar-refractivity contribution in [3.63, 3.8) is 0 Å². The molecule has 0 bridgehead atoms. The highest BCUT2D eigenvalue weighted by molar-refractivity contribution is 5.80. The van der Waals surface area contributed by atoms with Gasteiger partial charge in [-0.25, -0.2) is 0 Å². The number of aromatic nitrogens is 1. The summed E-state index contributed by atoms with van der Waals surface area (Å²) in [5, 5.41) is 2.81. The second-order valence-corrected chi connectivity index (χ2v) is 3.87. The van der Waals surface area contributed by atoms with E-state index in [1.165, 1.54) is 0 Å². The normalized spacial score (nSPS) is 11.5. The Kier molecular flexibility index (Phi) is 5.27. The van der Waals surface area contributed by atoms with Crippen molar-refractivity contribution in [3.8, 4) is 0 Å². The van der Waals surface area contributed by atoms with Crippen molar-refractivity contribution < 1.29 is 4.79 Å². The van der Waals surface area contributed by atoms with Crippen LogP contribution in [0.2, 0.25) is 0 Å². The lowest BCUT2D eigenvalue weighted by Crippen LogP contribution is -2.24. The average molecular weight is 232 g/mol. The molecule has 1 rings (SSSR count). The molecule has 0 aliphatic heterocycles. The topological polar surface area (TPSA) is 44.9 Å². The molecule has 0 aromatic carbocycles. The molecule has 3 nitrogen and oxygen atoms in total. The van der Waals surface area contributed by atoms with Crippen LogP contribution in [0.1, 0.15) is 30.7 Å². The Bertz CT molecular complexity index is 427. The van der Waals surface area contributed by atoms with E-state index in [-0.39, 0.29) is 5.91 Å². The maximum Gasteiger partial charge on any atom is 0.224 e. The summed E-state index contributed by atoms with van der Waals surface area (Å²) in [4.78, 5) is 14.7. The van der Waals surface area contributed by atoms with Gasteiger partial charge < -0.3 is 10.3 Å². The van der Waals surface area contributed by atoms with Gasteiger partial charge >= 0.3 is 0 Å². The quantitative estimate of drug-likeness (QED) is 0.753. The van der Waals surface area contributed by atoms with Gasteiger partial charge in [0.25, 0.3) is 0 Å². The SMILES string of the molecule is C/C=C\C=C/c1c(CC(=O)NCC)c[nH]c1C. The lowest BCUT2D eigenvalue weighted by Gasteiger charge is -2.02. The molecule has 2 N–H and O–H groups in total. The average Bonchev–Trinajstić information content (AvgIpc) is 2.62. The van der Waals surface area contributed by atoms with E-state index in [9.17, 15) is 4.79 Å². The Balaban J connectivity index is 2.82. The molecule has 0 saturated carbocycles. The van der Waals surface area contributed by atoms with Gasteiger partial charge in [-0.15, -0.1) is 0 Å². The Hall–Kier alpha value is -1.77. The van der Waals surface area contributed by atoms with E-state index in [0.717, 1.165) is 16.8 Å². The molecule has 0 saturated heterocycles. The van der Waals surface area contributed by atoms with Crippen LogP contribution in [0.3, 0.4) is 0 Å². The number of hydrogen-bond acceptors (Lipinski definition) is 1. The lowest BCUT2D eigenvalue weighted by atomic mass is 10.1. The molecule has 0 atom stereocenters. The van der Waals surface area contributed by atoms with Gasteiger partial charge in [0, 0.05) is 18.4 Å². The highest BCUT2D eigenvalue weighted by Gasteiger charge is 2.09. The van der Waals surface area contributed by atoms with Crippen molar-refractivity contribution in [2.45, 2.75) is 27.2 Å². The minimum atomic E-state index is 0.0622. The van der Waals surface area contributed by atoms with Gasteiger partial charge in [-0.2, -0.15) is 0 Å². The van der Waals surface area contributed by atoms with Gasteiger partial charge in [0.15, 0.2) is 0 Å². The number of nitrogens with one attached hydrogen (secondary N) is 2. The van der Waals surface area contributed by atoms with E-state index >= 15 is 0 Å². The van der Waals surface area contributed by atoms with Crippen molar-refractivity contribution in [2.24, 2.45) is 0 Å². The first-order chi connectivity index (χ1) is 8.19. The van der Waals surface area contributed by atoms with Crippen LogP contribution in [-0.2, 0) is 11.2 Å². The number of H-pyrrole nitrogens is 1. The standard InChI is InChI=1S/C14H20N2O/c1-4-6-7-8-13-11(3)16-10-12(13)9-14(17)15-5-2/h4,6-8,10,16H,5,9H2,1-3H3,(H,15,17)/b6-4-,8-7-. The molecule has 0 unspecified atom stereocenters. The molecule has 17 heavy (non-hydrogen) atoms. The van der Waals surface area contributed by atoms with Crippen molar-refractivity contribution in [2.75, 3.05) is 6.54 Å². The third kappa shape index (κ3) is 3.94. The zero-order valence-electron chi connectivity index (χ0n) is 10.7. The lowest BCUT2D eigenvalue weighted by molar-refractivity contribution is -0.120. The third-order valence-corrected chi connectivity index (χ3v) is 2.50. The number of carbonyl (C=O) groups is 1. The summed E-state index contributed by atoms with van der Waals surface area (Å²) in [5.74, 6) is 0.0622. The number of amides is 1. The summed E-state index contributed by atoms with van der Waals surface area (Å²) in [6.07, 6.45) is 10.3. The van der Waals surface area contributed by atoms with E-state index in [1.54, 1.807) is 0 Å². The first kappa shape index (κ1) is 13.3. The van der Waals surface area contributed by atoms with Crippen LogP contribution >= 0.6 is 0 Å². The van der Waals surface area contributed by atoms with Gasteiger partial charge in [0.1, 0.15) is 0 Å². The summed E-state index contributed by atoms with van der Waals surface area (Å²) in [7, 11) is 0. The van der Waals surface area contributed by atoms with Crippen molar-refractivity contribution in [1.82, 2.24) is 10.3 Å². The third-order valence-electron chi connectivity index (χ3n) is 2.50. The van der Waals surface area contributed by atoms with Crippen LogP contribution in [0.25, 0.3) is 6.08 Å². The minimum Gasteiger partial charge on any atom is -0.364 e. The Labute approximate surface area is 103 Å². The predicted molar refractivity (Wildman–Crippen MR) is 71.8 cm³/mol. The van der Waals surface area contributed by atoms with E-state index in [1.807, 2.05) is 51.3 Å². The number of hydrogen-bond donors (Lipinski definition) is 2. The Morgan fingerprint density at radius 1 is 1.47 bits per heavy atom. The number of rotatable bonds is 5. The van der Waals surface area contributed by atoms with Gasteiger partial charge in [-0.1, -0.05) is 24.3 Å². The fraction of sp³-hybridized carbons (Fsp3) is 0.357. The minimum absolute atomic E-state index is 0.0622. The molecule has 1 heterocycles. The molecule has 92 valence electrons. The molecule has 0 fully saturated rings. The molecule has 0 aliphatic carbocycles. The van der Waals surface area contributed by atoms with Crippen LogP contribution in [0.5, 0.6) is 0 Å². The molecule has 0 aliphatic rings. The smallest absolute Gasteiger partial charge is 0.224 e.